The van der Waals surface area contributed by atoms with Crippen LogP contribution in [0.5, 0.6) is 0 Å². The first kappa shape index (κ1) is 18.8. The molecule has 0 radical (unpaired) electrons. The molecular weight excluding hydrogens is 320 g/mol. The molecule has 1 saturated heterocycles. The molecule has 0 N–H and O–H groups in total. The molecule has 0 atom stereocenters. The molecule has 0 aliphatic carbocycles. The van der Waals surface area contributed by atoms with Crippen molar-refractivity contribution in [2.45, 2.75) is 38.0 Å². The zero-order valence-electron chi connectivity index (χ0n) is 15.0. The molecule has 4 nitrogen and oxygen atoms in total. The molecule has 1 aromatic carbocycles. The van der Waals surface area contributed by atoms with E-state index in [0.29, 0.717) is 13.1 Å². The van der Waals surface area contributed by atoms with Gasteiger partial charge in [-0.3, -0.25) is 9.59 Å². The Balaban J connectivity index is 1.99. The van der Waals surface area contributed by atoms with Crippen LogP contribution in [0.3, 0.4) is 0 Å². The van der Waals surface area contributed by atoms with Gasteiger partial charge in [0, 0.05) is 42.6 Å². The van der Waals surface area contributed by atoms with Crippen LogP contribution in [-0.4, -0.2) is 54.0 Å². The SMILES string of the molecule is CCC(CC)C(=O)N1CCCN(C(=O)c2ccc(SC)cc2)CC1. The Morgan fingerprint density at radius 3 is 2.17 bits per heavy atom. The highest BCUT2D eigenvalue weighted by molar-refractivity contribution is 7.98. The summed E-state index contributed by atoms with van der Waals surface area (Å²) in [6.07, 6.45) is 4.64. The van der Waals surface area contributed by atoms with Crippen molar-refractivity contribution in [2.75, 3.05) is 32.4 Å². The highest BCUT2D eigenvalue weighted by Crippen LogP contribution is 2.18. The number of carbonyl (C=O) groups is 2. The first-order chi connectivity index (χ1) is 11.6. The number of carbonyl (C=O) groups excluding carboxylic acids is 2. The fraction of sp³-hybridized carbons (Fsp3) is 0.579. The second-order valence-electron chi connectivity index (χ2n) is 6.21. The number of nitrogens with zero attached hydrogens (tertiary/aromatic N) is 2. The van der Waals surface area contributed by atoms with Crippen molar-refractivity contribution in [3.05, 3.63) is 29.8 Å². The normalized spacial score (nSPS) is 15.5. The van der Waals surface area contributed by atoms with E-state index < -0.39 is 0 Å². The Kier molecular flexibility index (Phi) is 7.16. The van der Waals surface area contributed by atoms with Gasteiger partial charge in [-0.05, 0) is 49.8 Å². The van der Waals surface area contributed by atoms with Gasteiger partial charge in [0.05, 0.1) is 0 Å². The summed E-state index contributed by atoms with van der Waals surface area (Å²) in [5.41, 5.74) is 0.729. The topological polar surface area (TPSA) is 40.6 Å². The van der Waals surface area contributed by atoms with Crippen molar-refractivity contribution in [3.63, 3.8) is 0 Å². The molecule has 1 aliphatic rings. The second kappa shape index (κ2) is 9.11. The van der Waals surface area contributed by atoms with Gasteiger partial charge >= 0.3 is 0 Å². The molecule has 132 valence electrons. The van der Waals surface area contributed by atoms with Crippen LogP contribution in [0, 0.1) is 5.92 Å². The maximum Gasteiger partial charge on any atom is 0.253 e. The molecule has 1 fully saturated rings. The monoisotopic (exact) mass is 348 g/mol. The minimum absolute atomic E-state index is 0.0690. The lowest BCUT2D eigenvalue weighted by molar-refractivity contribution is -0.135. The number of hydrogen-bond donors (Lipinski definition) is 0. The first-order valence-corrected chi connectivity index (χ1v) is 10.0. The lowest BCUT2D eigenvalue weighted by Gasteiger charge is -2.25. The van der Waals surface area contributed by atoms with Gasteiger partial charge in [0.2, 0.25) is 5.91 Å². The Hall–Kier alpha value is -1.49. The number of amides is 2. The molecule has 0 unspecified atom stereocenters. The van der Waals surface area contributed by atoms with Crippen LogP contribution >= 0.6 is 11.8 Å². The lowest BCUT2D eigenvalue weighted by Crippen LogP contribution is -2.39. The third-order valence-corrected chi connectivity index (χ3v) is 5.51. The molecular formula is C19H28N2O2S. The number of benzene rings is 1. The maximum atomic E-state index is 12.7. The average Bonchev–Trinajstić information content (AvgIpc) is 2.88. The van der Waals surface area contributed by atoms with Gasteiger partial charge < -0.3 is 9.80 Å². The standard InChI is InChI=1S/C19H28N2O2S/c1-4-15(5-2)18(22)20-11-6-12-21(14-13-20)19(23)16-7-9-17(24-3)10-8-16/h7-10,15H,4-6,11-14H2,1-3H3. The van der Waals surface area contributed by atoms with E-state index in [1.807, 2.05) is 40.3 Å². The zero-order chi connectivity index (χ0) is 17.5. The van der Waals surface area contributed by atoms with Crippen LogP contribution in [0.25, 0.3) is 0 Å². The average molecular weight is 349 g/mol. The van der Waals surface area contributed by atoms with Crippen LogP contribution < -0.4 is 0 Å². The Bertz CT molecular complexity index is 555. The minimum Gasteiger partial charge on any atom is -0.341 e. The fourth-order valence-electron chi connectivity index (χ4n) is 3.15. The summed E-state index contributed by atoms with van der Waals surface area (Å²) in [6.45, 7) is 6.87. The summed E-state index contributed by atoms with van der Waals surface area (Å²) in [5, 5.41) is 0. The Morgan fingerprint density at radius 1 is 1.00 bits per heavy atom. The largest absolute Gasteiger partial charge is 0.341 e. The molecule has 1 aliphatic heterocycles. The number of hydrogen-bond acceptors (Lipinski definition) is 3. The van der Waals surface area contributed by atoms with E-state index >= 15 is 0 Å². The summed E-state index contributed by atoms with van der Waals surface area (Å²) >= 11 is 1.67. The summed E-state index contributed by atoms with van der Waals surface area (Å²) in [4.78, 5) is 30.2. The Morgan fingerprint density at radius 2 is 1.58 bits per heavy atom. The van der Waals surface area contributed by atoms with Crippen molar-refractivity contribution in [2.24, 2.45) is 5.92 Å². The highest BCUT2D eigenvalue weighted by atomic mass is 32.2. The molecule has 2 rings (SSSR count). The third kappa shape index (κ3) is 4.53. The molecule has 2 amide bonds. The second-order valence-corrected chi connectivity index (χ2v) is 7.09. The Labute approximate surface area is 149 Å². The first-order valence-electron chi connectivity index (χ1n) is 8.82. The minimum atomic E-state index is 0.0690. The third-order valence-electron chi connectivity index (χ3n) is 4.77. The highest BCUT2D eigenvalue weighted by Gasteiger charge is 2.25. The molecule has 5 heteroatoms. The summed E-state index contributed by atoms with van der Waals surface area (Å²) in [6, 6.07) is 7.76. The smallest absolute Gasteiger partial charge is 0.253 e. The van der Waals surface area contributed by atoms with Crippen molar-refractivity contribution in [3.8, 4) is 0 Å². The van der Waals surface area contributed by atoms with Crippen LogP contribution in [-0.2, 0) is 4.79 Å². The number of rotatable bonds is 5. The van der Waals surface area contributed by atoms with Crippen LogP contribution in [0.1, 0.15) is 43.5 Å². The van der Waals surface area contributed by atoms with Crippen molar-refractivity contribution >= 4 is 23.6 Å². The molecule has 24 heavy (non-hydrogen) atoms. The van der Waals surface area contributed by atoms with Gasteiger partial charge in [-0.15, -0.1) is 11.8 Å². The predicted molar refractivity (Wildman–Crippen MR) is 99.4 cm³/mol. The maximum absolute atomic E-state index is 12.7. The van der Waals surface area contributed by atoms with Gasteiger partial charge in [0.1, 0.15) is 0 Å². The molecule has 0 saturated carbocycles. The summed E-state index contributed by atoms with van der Waals surface area (Å²) in [7, 11) is 0. The van der Waals surface area contributed by atoms with E-state index in [9.17, 15) is 9.59 Å². The van der Waals surface area contributed by atoms with E-state index in [1.54, 1.807) is 11.8 Å². The quantitative estimate of drug-likeness (QED) is 0.765. The van der Waals surface area contributed by atoms with Crippen molar-refractivity contribution < 1.29 is 9.59 Å². The fourth-order valence-corrected chi connectivity index (χ4v) is 3.56. The lowest BCUT2D eigenvalue weighted by atomic mass is 10.0. The number of thioether (sulfide) groups is 1. The molecule has 0 aromatic heterocycles. The van der Waals surface area contributed by atoms with E-state index in [0.717, 1.165) is 42.8 Å². The van der Waals surface area contributed by atoms with Crippen molar-refractivity contribution in [1.29, 1.82) is 0 Å². The molecule has 0 spiro atoms. The van der Waals surface area contributed by atoms with Gasteiger partial charge in [0.15, 0.2) is 0 Å². The summed E-state index contributed by atoms with van der Waals surface area (Å²) < 4.78 is 0. The van der Waals surface area contributed by atoms with Crippen LogP contribution in [0.2, 0.25) is 0 Å². The van der Waals surface area contributed by atoms with Gasteiger partial charge in [-0.2, -0.15) is 0 Å². The zero-order valence-corrected chi connectivity index (χ0v) is 15.8. The van der Waals surface area contributed by atoms with Gasteiger partial charge in [0.25, 0.3) is 5.91 Å². The van der Waals surface area contributed by atoms with E-state index in [4.69, 9.17) is 0 Å². The van der Waals surface area contributed by atoms with E-state index in [-0.39, 0.29) is 17.7 Å². The van der Waals surface area contributed by atoms with Gasteiger partial charge in [-0.1, -0.05) is 13.8 Å². The van der Waals surface area contributed by atoms with Crippen molar-refractivity contribution in [1.82, 2.24) is 9.80 Å². The predicted octanol–water partition coefficient (Wildman–Crippen LogP) is 3.52. The summed E-state index contributed by atoms with van der Waals surface area (Å²) in [5.74, 6) is 0.435. The molecule has 0 bridgehead atoms. The van der Waals surface area contributed by atoms with Crippen LogP contribution in [0.4, 0.5) is 0 Å². The molecule has 1 heterocycles. The van der Waals surface area contributed by atoms with Crippen LogP contribution in [0.15, 0.2) is 29.2 Å². The van der Waals surface area contributed by atoms with E-state index in [2.05, 4.69) is 13.8 Å². The van der Waals surface area contributed by atoms with Gasteiger partial charge in [-0.25, -0.2) is 0 Å². The van der Waals surface area contributed by atoms with E-state index in [1.165, 1.54) is 0 Å². The molecule has 1 aromatic rings.